The second-order valence-electron chi connectivity index (χ2n) is 11.7. The first-order chi connectivity index (χ1) is 20.8. The molecule has 2 unspecified atom stereocenters. The Morgan fingerprint density at radius 1 is 1.07 bits per heavy atom. The largest absolute Gasteiger partial charge is 0.484 e. The summed E-state index contributed by atoms with van der Waals surface area (Å²) < 4.78 is 10.6. The molecule has 1 aromatic heterocycles. The topological polar surface area (TPSA) is 152 Å². The van der Waals surface area contributed by atoms with Gasteiger partial charge in [-0.15, -0.1) is 0 Å². The average Bonchev–Trinajstić information content (AvgIpc) is 2.98. The summed E-state index contributed by atoms with van der Waals surface area (Å²) in [5.41, 5.74) is 8.25. The number of hydrogen-bond acceptors (Lipinski definition) is 9. The molecule has 2 atom stereocenters. The number of anilines is 3. The first-order valence-electron chi connectivity index (χ1n) is 15.1. The molecule has 2 aromatic carbocycles. The molecule has 1 amide bonds. The highest BCUT2D eigenvalue weighted by molar-refractivity contribution is 5.87. The van der Waals surface area contributed by atoms with Crippen molar-refractivity contribution in [1.82, 2.24) is 15.3 Å². The number of nitrogens with two attached hydrogens (primary N) is 1. The average molecular weight is 605 g/mol. The van der Waals surface area contributed by atoms with Crippen LogP contribution in [0.15, 0.2) is 54.7 Å². The van der Waals surface area contributed by atoms with Crippen molar-refractivity contribution in [2.75, 3.05) is 17.7 Å². The molecule has 0 aliphatic rings. The Bertz CT molecular complexity index is 1370. The lowest BCUT2D eigenvalue weighted by Gasteiger charge is -2.19. The van der Waals surface area contributed by atoms with Gasteiger partial charge in [0, 0.05) is 47.9 Å². The number of rotatable bonds is 13. The molecule has 1 heterocycles. The first kappa shape index (κ1) is 35.7. The molecule has 5 N–H and O–H groups in total. The van der Waals surface area contributed by atoms with Crippen LogP contribution in [-0.4, -0.2) is 46.3 Å². The number of nitrogen functional groups attached to an aromatic ring is 1. The van der Waals surface area contributed by atoms with Crippen molar-refractivity contribution in [2.45, 2.75) is 85.8 Å². The number of carbonyl (C=O) groups is 2. The van der Waals surface area contributed by atoms with E-state index in [1.807, 2.05) is 51.1 Å². The highest BCUT2D eigenvalue weighted by atomic mass is 16.6. The zero-order valence-electron chi connectivity index (χ0n) is 27.1. The summed E-state index contributed by atoms with van der Waals surface area (Å²) in [6, 6.07) is 14.7. The third-order valence-electron chi connectivity index (χ3n) is 6.65. The van der Waals surface area contributed by atoms with E-state index in [1.54, 1.807) is 24.4 Å². The predicted molar refractivity (Wildman–Crippen MR) is 177 cm³/mol. The van der Waals surface area contributed by atoms with Crippen molar-refractivity contribution in [3.63, 3.8) is 0 Å². The van der Waals surface area contributed by atoms with Gasteiger partial charge >= 0.3 is 5.97 Å². The van der Waals surface area contributed by atoms with E-state index in [-0.39, 0.29) is 30.1 Å². The molecular formula is C34H48N6O4. The van der Waals surface area contributed by atoms with Crippen LogP contribution in [0.1, 0.15) is 79.7 Å². The number of carbonyl (C=O) groups excluding carboxylic acids is 2. The third-order valence-corrected chi connectivity index (χ3v) is 6.65. The fraction of sp³-hybridized carbons (Fsp3) is 0.441. The molecule has 0 saturated heterocycles. The highest BCUT2D eigenvalue weighted by Gasteiger charge is 2.14. The number of hydrogen-bond donors (Lipinski definition) is 4. The summed E-state index contributed by atoms with van der Waals surface area (Å²) in [4.78, 5) is 31.7. The fourth-order valence-corrected chi connectivity index (χ4v) is 4.14. The summed E-state index contributed by atoms with van der Waals surface area (Å²) in [5, 5.41) is 13.8. The fourth-order valence-electron chi connectivity index (χ4n) is 4.14. The SMILES string of the molecule is CC(=O)OC(C)(C)C.CCC(C)CCC(CC)NC(=O)COc1cccc(-c2nccc(Nc3ccc(N)c(C=N)c3)n2)c1. The molecule has 3 aromatic rings. The van der Waals surface area contributed by atoms with Gasteiger partial charge in [-0.25, -0.2) is 9.97 Å². The molecule has 0 bridgehead atoms. The van der Waals surface area contributed by atoms with Crippen LogP contribution in [0.3, 0.4) is 0 Å². The van der Waals surface area contributed by atoms with Gasteiger partial charge in [0.1, 0.15) is 17.2 Å². The highest BCUT2D eigenvalue weighted by Crippen LogP contribution is 2.24. The Morgan fingerprint density at radius 3 is 2.43 bits per heavy atom. The number of nitrogens with zero attached hydrogens (tertiary/aromatic N) is 2. The minimum atomic E-state index is -0.328. The van der Waals surface area contributed by atoms with Gasteiger partial charge in [0.2, 0.25) is 0 Å². The van der Waals surface area contributed by atoms with E-state index in [0.717, 1.165) is 36.9 Å². The molecule has 10 nitrogen and oxygen atoms in total. The number of nitrogens with one attached hydrogen (secondary N) is 3. The van der Waals surface area contributed by atoms with Crippen molar-refractivity contribution in [2.24, 2.45) is 5.92 Å². The van der Waals surface area contributed by atoms with Crippen LogP contribution in [0.4, 0.5) is 17.2 Å². The quantitative estimate of drug-likeness (QED) is 0.0932. The van der Waals surface area contributed by atoms with Gasteiger partial charge in [-0.1, -0.05) is 39.3 Å². The smallest absolute Gasteiger partial charge is 0.303 e. The lowest BCUT2D eigenvalue weighted by Crippen LogP contribution is -2.37. The van der Waals surface area contributed by atoms with E-state index in [2.05, 4.69) is 41.4 Å². The maximum atomic E-state index is 12.4. The summed E-state index contributed by atoms with van der Waals surface area (Å²) in [7, 11) is 0. The van der Waals surface area contributed by atoms with Crippen LogP contribution in [0.5, 0.6) is 5.75 Å². The number of esters is 1. The molecular weight excluding hydrogens is 556 g/mol. The maximum absolute atomic E-state index is 12.4. The van der Waals surface area contributed by atoms with Crippen LogP contribution >= 0.6 is 0 Å². The van der Waals surface area contributed by atoms with E-state index in [4.69, 9.17) is 20.6 Å². The van der Waals surface area contributed by atoms with Crippen molar-refractivity contribution in [3.8, 4) is 17.1 Å². The van der Waals surface area contributed by atoms with Gasteiger partial charge in [0.15, 0.2) is 12.4 Å². The van der Waals surface area contributed by atoms with Gasteiger partial charge < -0.3 is 31.3 Å². The summed E-state index contributed by atoms with van der Waals surface area (Å²) in [6.07, 6.45) is 7.03. The van der Waals surface area contributed by atoms with Crippen LogP contribution in [0.25, 0.3) is 11.4 Å². The summed E-state index contributed by atoms with van der Waals surface area (Å²) in [6.45, 7) is 13.4. The van der Waals surface area contributed by atoms with Crippen molar-refractivity contribution >= 4 is 35.3 Å². The summed E-state index contributed by atoms with van der Waals surface area (Å²) >= 11 is 0. The lowest BCUT2D eigenvalue weighted by atomic mass is 9.98. The van der Waals surface area contributed by atoms with E-state index < -0.39 is 0 Å². The van der Waals surface area contributed by atoms with Gasteiger partial charge in [0.25, 0.3) is 5.91 Å². The Kier molecular flexibility index (Phi) is 14.3. The number of ether oxygens (including phenoxy) is 2. The van der Waals surface area contributed by atoms with Gasteiger partial charge in [-0.2, -0.15) is 0 Å². The van der Waals surface area contributed by atoms with E-state index in [1.165, 1.54) is 13.1 Å². The predicted octanol–water partition coefficient (Wildman–Crippen LogP) is 6.91. The Morgan fingerprint density at radius 2 is 1.82 bits per heavy atom. The summed E-state index contributed by atoms with van der Waals surface area (Å²) in [5.74, 6) is 2.02. The first-order valence-corrected chi connectivity index (χ1v) is 15.1. The maximum Gasteiger partial charge on any atom is 0.303 e. The van der Waals surface area contributed by atoms with E-state index in [9.17, 15) is 9.59 Å². The minimum Gasteiger partial charge on any atom is -0.484 e. The molecule has 238 valence electrons. The minimum absolute atomic E-state index is 0.0434. The van der Waals surface area contributed by atoms with Crippen LogP contribution in [0.2, 0.25) is 0 Å². The molecule has 0 spiro atoms. The van der Waals surface area contributed by atoms with Crippen molar-refractivity contribution in [1.29, 1.82) is 5.41 Å². The molecule has 3 rings (SSSR count). The number of benzene rings is 2. The van der Waals surface area contributed by atoms with Gasteiger partial charge in [-0.05, 0) is 82.3 Å². The van der Waals surface area contributed by atoms with Crippen molar-refractivity contribution < 1.29 is 19.1 Å². The monoisotopic (exact) mass is 604 g/mol. The zero-order valence-corrected chi connectivity index (χ0v) is 27.1. The Labute approximate surface area is 261 Å². The Balaban J connectivity index is 0.000000742. The molecule has 0 saturated carbocycles. The lowest BCUT2D eigenvalue weighted by molar-refractivity contribution is -0.151. The van der Waals surface area contributed by atoms with E-state index in [0.29, 0.717) is 34.6 Å². The van der Waals surface area contributed by atoms with Gasteiger partial charge in [-0.3, -0.25) is 9.59 Å². The van der Waals surface area contributed by atoms with Crippen LogP contribution < -0.4 is 21.1 Å². The Hall–Kier alpha value is -4.47. The number of aromatic nitrogens is 2. The molecule has 10 heteroatoms. The second kappa shape index (κ2) is 17.6. The third kappa shape index (κ3) is 13.2. The molecule has 0 radical (unpaired) electrons. The molecule has 0 aliphatic carbocycles. The second-order valence-corrected chi connectivity index (χ2v) is 11.7. The van der Waals surface area contributed by atoms with Gasteiger partial charge in [0.05, 0.1) is 0 Å². The zero-order chi connectivity index (χ0) is 32.7. The van der Waals surface area contributed by atoms with Crippen molar-refractivity contribution in [3.05, 3.63) is 60.3 Å². The van der Waals surface area contributed by atoms with Crippen LogP contribution in [0, 0.1) is 11.3 Å². The number of amides is 1. The molecule has 0 fully saturated rings. The van der Waals surface area contributed by atoms with E-state index >= 15 is 0 Å². The molecule has 44 heavy (non-hydrogen) atoms. The molecule has 0 aliphatic heterocycles. The standard InChI is InChI=1S/C28H36N6O2.C6H12O2/c1-4-19(3)9-10-22(5-2)33-27(35)18-36-24-8-6-7-20(16-24)28-31-14-13-26(34-28)32-23-11-12-25(30)21(15-23)17-29;1-5(7)8-6(2,3)4/h6-8,11-17,19,22,29H,4-5,9-10,18,30H2,1-3H3,(H,33,35)(H,31,32,34);1-4H3. The normalized spacial score (nSPS) is 12.2. The van der Waals surface area contributed by atoms with Crippen LogP contribution in [-0.2, 0) is 14.3 Å².